The van der Waals surface area contributed by atoms with Crippen molar-refractivity contribution >= 4 is 17.4 Å². The molecule has 136 valence electrons. The number of nitrogens with one attached hydrogen (secondary N) is 1. The van der Waals surface area contributed by atoms with E-state index in [4.69, 9.17) is 9.47 Å². The van der Waals surface area contributed by atoms with Gasteiger partial charge in [0.2, 0.25) is 11.0 Å². The van der Waals surface area contributed by atoms with Gasteiger partial charge in [0.15, 0.2) is 11.9 Å². The Labute approximate surface area is 161 Å². The van der Waals surface area contributed by atoms with Gasteiger partial charge in [-0.15, -0.1) is 10.2 Å². The van der Waals surface area contributed by atoms with Gasteiger partial charge in [0.05, 0.1) is 0 Å². The average Bonchev–Trinajstić information content (AvgIpc) is 2.88. The predicted octanol–water partition coefficient (Wildman–Crippen LogP) is 4.33. The molecule has 1 aliphatic rings. The first-order valence-electron chi connectivity index (χ1n) is 8.43. The van der Waals surface area contributed by atoms with E-state index in [1.165, 1.54) is 11.8 Å². The highest BCUT2D eigenvalue weighted by Gasteiger charge is 2.26. The fourth-order valence-electron chi connectivity index (χ4n) is 2.81. The second kappa shape index (κ2) is 7.67. The average molecular weight is 378 g/mol. The van der Waals surface area contributed by atoms with Crippen LogP contribution in [-0.2, 0) is 0 Å². The maximum atomic E-state index is 6.21. The van der Waals surface area contributed by atoms with Crippen molar-refractivity contribution < 1.29 is 9.47 Å². The molecule has 0 saturated heterocycles. The highest BCUT2D eigenvalue weighted by Crippen LogP contribution is 2.39. The molecule has 0 saturated carbocycles. The molecule has 0 unspecified atom stereocenters. The molecule has 1 aromatic heterocycles. The maximum Gasteiger partial charge on any atom is 0.247 e. The normalized spacial score (nSPS) is 14.8. The molecule has 0 amide bonds. The molecule has 1 N–H and O–H groups in total. The Morgan fingerprint density at radius 1 is 1.22 bits per heavy atom. The van der Waals surface area contributed by atoms with E-state index in [9.17, 15) is 0 Å². The molecule has 0 fully saturated rings. The third-order valence-corrected chi connectivity index (χ3v) is 4.58. The largest absolute Gasteiger partial charge is 0.490 e. The van der Waals surface area contributed by atoms with E-state index in [2.05, 4.69) is 27.1 Å². The number of hydrogen-bond acceptors (Lipinski definition) is 7. The topological polar surface area (TPSA) is 69.2 Å². The molecule has 2 heterocycles. The lowest BCUT2D eigenvalue weighted by atomic mass is 10.1. The summed E-state index contributed by atoms with van der Waals surface area (Å²) in [6, 6.07) is 15.7. The van der Waals surface area contributed by atoms with E-state index >= 15 is 0 Å². The summed E-state index contributed by atoms with van der Waals surface area (Å²) in [5.74, 6) is 1.20. The van der Waals surface area contributed by atoms with Crippen LogP contribution in [0.5, 0.6) is 11.6 Å². The van der Waals surface area contributed by atoms with Crippen LogP contribution in [0, 0.1) is 0 Å². The van der Waals surface area contributed by atoms with Crippen molar-refractivity contribution in [3.63, 3.8) is 0 Å². The Hall–Kier alpha value is -3.06. The van der Waals surface area contributed by atoms with E-state index in [1.807, 2.05) is 54.8 Å². The Balaban J connectivity index is 1.77. The van der Waals surface area contributed by atoms with Crippen molar-refractivity contribution in [3.8, 4) is 22.9 Å². The first-order valence-corrected chi connectivity index (χ1v) is 9.66. The van der Waals surface area contributed by atoms with E-state index < -0.39 is 6.23 Å². The van der Waals surface area contributed by atoms with Crippen LogP contribution in [0.3, 0.4) is 0 Å². The van der Waals surface area contributed by atoms with E-state index in [0.717, 1.165) is 22.6 Å². The van der Waals surface area contributed by atoms with Crippen molar-refractivity contribution in [3.05, 3.63) is 66.7 Å². The number of aromatic nitrogens is 3. The van der Waals surface area contributed by atoms with Gasteiger partial charge in [-0.1, -0.05) is 54.7 Å². The number of fused-ring (bicyclic) bond motifs is 3. The van der Waals surface area contributed by atoms with Gasteiger partial charge in [0.25, 0.3) is 0 Å². The van der Waals surface area contributed by atoms with E-state index in [0.29, 0.717) is 23.3 Å². The van der Waals surface area contributed by atoms with Crippen LogP contribution in [0.4, 0.5) is 5.69 Å². The van der Waals surface area contributed by atoms with Gasteiger partial charge in [0.1, 0.15) is 12.4 Å². The zero-order valence-corrected chi connectivity index (χ0v) is 15.6. The predicted molar refractivity (Wildman–Crippen MR) is 106 cm³/mol. The van der Waals surface area contributed by atoms with E-state index in [1.54, 1.807) is 6.08 Å². The summed E-state index contributed by atoms with van der Waals surface area (Å²) < 4.78 is 11.9. The molecule has 27 heavy (non-hydrogen) atoms. The molecule has 3 aromatic rings. The molecule has 7 heteroatoms. The molecule has 1 aliphatic heterocycles. The number of nitrogens with zero attached hydrogens (tertiary/aromatic N) is 3. The number of anilines is 1. The van der Waals surface area contributed by atoms with Crippen LogP contribution >= 0.6 is 11.8 Å². The minimum atomic E-state index is -0.439. The summed E-state index contributed by atoms with van der Waals surface area (Å²) in [4.78, 5) is 4.52. The van der Waals surface area contributed by atoms with Gasteiger partial charge in [-0.2, -0.15) is 4.98 Å². The standard InChI is InChI=1S/C20H18N4O2S/c1-3-11-25-14-8-6-7-13(12-14)18-21-16-10-5-4-9-15(16)17-19(26-18)22-20(27-2)24-23-17/h3-10,12,18,21H,1,11H2,2H3/t18-/m0/s1. The number of ether oxygens (including phenoxy) is 2. The Morgan fingerprint density at radius 3 is 2.96 bits per heavy atom. The zero-order chi connectivity index (χ0) is 18.6. The zero-order valence-electron chi connectivity index (χ0n) is 14.8. The lowest BCUT2D eigenvalue weighted by molar-refractivity contribution is 0.224. The van der Waals surface area contributed by atoms with Crippen molar-refractivity contribution in [2.45, 2.75) is 11.4 Å². The fraction of sp³-hybridized carbons (Fsp3) is 0.150. The fourth-order valence-corrected chi connectivity index (χ4v) is 3.10. The van der Waals surface area contributed by atoms with Crippen molar-refractivity contribution in [2.24, 2.45) is 0 Å². The summed E-state index contributed by atoms with van der Waals surface area (Å²) in [6.45, 7) is 4.13. The Kier molecular flexibility index (Phi) is 4.93. The number of hydrogen-bond donors (Lipinski definition) is 1. The van der Waals surface area contributed by atoms with Gasteiger partial charge >= 0.3 is 0 Å². The summed E-state index contributed by atoms with van der Waals surface area (Å²) >= 11 is 1.42. The van der Waals surface area contributed by atoms with Crippen molar-refractivity contribution in [1.82, 2.24) is 15.2 Å². The highest BCUT2D eigenvalue weighted by molar-refractivity contribution is 7.98. The summed E-state index contributed by atoms with van der Waals surface area (Å²) in [5, 5.41) is 12.5. The van der Waals surface area contributed by atoms with Crippen LogP contribution in [0.15, 0.2) is 66.3 Å². The minimum absolute atomic E-state index is 0.439. The first-order chi connectivity index (χ1) is 13.3. The quantitative estimate of drug-likeness (QED) is 0.523. The van der Waals surface area contributed by atoms with Crippen LogP contribution in [-0.4, -0.2) is 28.0 Å². The van der Waals surface area contributed by atoms with Crippen LogP contribution in [0.25, 0.3) is 11.3 Å². The summed E-state index contributed by atoms with van der Waals surface area (Å²) in [5.41, 5.74) is 3.36. The molecular formula is C20H18N4O2S. The number of thioether (sulfide) groups is 1. The van der Waals surface area contributed by atoms with Gasteiger partial charge in [-0.05, 0) is 24.5 Å². The Bertz CT molecular complexity index is 980. The maximum absolute atomic E-state index is 6.21. The molecule has 2 aromatic carbocycles. The molecular weight excluding hydrogens is 360 g/mol. The van der Waals surface area contributed by atoms with Crippen molar-refractivity contribution in [2.75, 3.05) is 18.2 Å². The van der Waals surface area contributed by atoms with E-state index in [-0.39, 0.29) is 0 Å². The molecule has 0 radical (unpaired) electrons. The third-order valence-electron chi connectivity index (χ3n) is 4.04. The van der Waals surface area contributed by atoms with Crippen LogP contribution in [0.1, 0.15) is 11.8 Å². The molecule has 1 atom stereocenters. The SMILES string of the molecule is C=CCOc1cccc([C@H]2Nc3ccccc3-c3nnc(SC)nc3O2)c1. The first kappa shape index (κ1) is 17.4. The van der Waals surface area contributed by atoms with Crippen molar-refractivity contribution in [1.29, 1.82) is 0 Å². The molecule has 0 bridgehead atoms. The molecule has 0 aliphatic carbocycles. The van der Waals surface area contributed by atoms with Crippen LogP contribution in [0.2, 0.25) is 0 Å². The second-order valence-electron chi connectivity index (χ2n) is 5.81. The number of benzene rings is 2. The highest BCUT2D eigenvalue weighted by atomic mass is 32.2. The summed E-state index contributed by atoms with van der Waals surface area (Å²) in [7, 11) is 0. The minimum Gasteiger partial charge on any atom is -0.490 e. The number of rotatable bonds is 5. The number of para-hydroxylation sites is 1. The van der Waals surface area contributed by atoms with Gasteiger partial charge in [0, 0.05) is 16.8 Å². The van der Waals surface area contributed by atoms with Gasteiger partial charge in [-0.3, -0.25) is 0 Å². The molecule has 4 rings (SSSR count). The Morgan fingerprint density at radius 2 is 2.11 bits per heavy atom. The smallest absolute Gasteiger partial charge is 0.247 e. The lowest BCUT2D eigenvalue weighted by Crippen LogP contribution is -2.17. The lowest BCUT2D eigenvalue weighted by Gasteiger charge is -2.20. The third kappa shape index (κ3) is 3.59. The molecule has 0 spiro atoms. The summed E-state index contributed by atoms with van der Waals surface area (Å²) in [6.07, 6.45) is 3.18. The van der Waals surface area contributed by atoms with Gasteiger partial charge < -0.3 is 14.8 Å². The van der Waals surface area contributed by atoms with Gasteiger partial charge in [-0.25, -0.2) is 0 Å². The monoisotopic (exact) mass is 378 g/mol. The van der Waals surface area contributed by atoms with Crippen LogP contribution < -0.4 is 14.8 Å². The molecule has 6 nitrogen and oxygen atoms in total. The second-order valence-corrected chi connectivity index (χ2v) is 6.59.